The Morgan fingerprint density at radius 1 is 0.828 bits per heavy atom. The second-order valence-corrected chi connectivity index (χ2v) is 7.11. The molecule has 0 saturated carbocycles. The van der Waals surface area contributed by atoms with Crippen LogP contribution in [-0.4, -0.2) is 0 Å². The van der Waals surface area contributed by atoms with Gasteiger partial charge in [-0.1, -0.05) is 31.2 Å². The minimum absolute atomic E-state index is 0.263. The zero-order valence-electron chi connectivity index (χ0n) is 15.4. The molecule has 0 radical (unpaired) electrons. The highest BCUT2D eigenvalue weighted by atomic mass is 19.4. The molecule has 0 bridgehead atoms. The third-order valence-electron chi connectivity index (χ3n) is 5.40. The minimum atomic E-state index is -4.88. The van der Waals surface area contributed by atoms with E-state index in [1.807, 2.05) is 25.1 Å². The van der Waals surface area contributed by atoms with E-state index >= 15 is 4.39 Å². The molecule has 3 aromatic rings. The van der Waals surface area contributed by atoms with Crippen LogP contribution < -0.4 is 0 Å². The lowest BCUT2D eigenvalue weighted by atomic mass is 9.82. The Labute approximate surface area is 163 Å². The molecule has 1 aliphatic rings. The van der Waals surface area contributed by atoms with Crippen LogP contribution in [0.1, 0.15) is 29.2 Å². The smallest absolute Gasteiger partial charge is 0.206 e. The first-order valence-electron chi connectivity index (χ1n) is 9.21. The van der Waals surface area contributed by atoms with Crippen molar-refractivity contribution in [2.24, 2.45) is 0 Å². The van der Waals surface area contributed by atoms with Crippen LogP contribution in [0.25, 0.3) is 22.3 Å². The molecule has 29 heavy (non-hydrogen) atoms. The molecule has 0 saturated heterocycles. The summed E-state index contributed by atoms with van der Waals surface area (Å²) in [6.45, 7) is 2.02. The Morgan fingerprint density at radius 3 is 2.24 bits per heavy atom. The van der Waals surface area contributed by atoms with Gasteiger partial charge in [0.1, 0.15) is 17.5 Å². The molecule has 0 N–H and O–H groups in total. The molecule has 150 valence electrons. The van der Waals surface area contributed by atoms with Gasteiger partial charge in [0.05, 0.1) is 11.1 Å². The Balaban J connectivity index is 1.86. The summed E-state index contributed by atoms with van der Waals surface area (Å²) in [7, 11) is 0. The number of fused-ring (bicyclic) bond motifs is 3. The summed E-state index contributed by atoms with van der Waals surface area (Å²) in [4.78, 5) is 0. The number of rotatable bonds is 2. The Morgan fingerprint density at radius 2 is 1.59 bits per heavy atom. The maximum atomic E-state index is 15.2. The van der Waals surface area contributed by atoms with Gasteiger partial charge in [-0.3, -0.25) is 0 Å². The van der Waals surface area contributed by atoms with Gasteiger partial charge in [-0.05, 0) is 70.8 Å². The van der Waals surface area contributed by atoms with Crippen molar-refractivity contribution in [1.29, 1.82) is 0 Å². The highest BCUT2D eigenvalue weighted by molar-refractivity contribution is 5.78. The average molecular weight is 406 g/mol. The van der Waals surface area contributed by atoms with E-state index in [1.54, 1.807) is 0 Å². The highest BCUT2D eigenvalue weighted by Gasteiger charge is 2.34. The van der Waals surface area contributed by atoms with E-state index in [2.05, 4.69) is 0 Å². The second-order valence-electron chi connectivity index (χ2n) is 7.11. The number of halogens is 6. The van der Waals surface area contributed by atoms with Crippen LogP contribution in [-0.2, 0) is 25.4 Å². The quantitative estimate of drug-likeness (QED) is 0.398. The zero-order valence-corrected chi connectivity index (χ0v) is 15.4. The molecule has 0 atom stereocenters. The molecular formula is C23H16F6. The van der Waals surface area contributed by atoms with Crippen LogP contribution in [0.5, 0.6) is 0 Å². The predicted molar refractivity (Wildman–Crippen MR) is 99.0 cm³/mol. The predicted octanol–water partition coefficient (Wildman–Crippen LogP) is 7.12. The Kier molecular flexibility index (Phi) is 4.68. The third kappa shape index (κ3) is 3.30. The first-order valence-corrected chi connectivity index (χ1v) is 9.21. The van der Waals surface area contributed by atoms with E-state index in [-0.39, 0.29) is 5.56 Å². The summed E-state index contributed by atoms with van der Waals surface area (Å²) in [5.41, 5.74) is 1.35. The number of hydrogen-bond donors (Lipinski definition) is 0. The molecular weight excluding hydrogens is 390 g/mol. The molecule has 4 rings (SSSR count). The van der Waals surface area contributed by atoms with Gasteiger partial charge in [0.2, 0.25) is 0 Å². The van der Waals surface area contributed by atoms with E-state index in [9.17, 15) is 22.0 Å². The molecule has 0 amide bonds. The van der Waals surface area contributed by atoms with Crippen LogP contribution in [0.4, 0.5) is 26.3 Å². The molecule has 0 heterocycles. The molecule has 6 heteroatoms. The minimum Gasteiger partial charge on any atom is -0.206 e. The summed E-state index contributed by atoms with van der Waals surface area (Å²) >= 11 is 0. The third-order valence-corrected chi connectivity index (χ3v) is 5.40. The summed E-state index contributed by atoms with van der Waals surface area (Å²) in [5.74, 6) is -3.36. The van der Waals surface area contributed by atoms with Crippen molar-refractivity contribution in [1.82, 2.24) is 0 Å². The molecule has 1 aliphatic carbocycles. The second kappa shape index (κ2) is 6.94. The summed E-state index contributed by atoms with van der Waals surface area (Å²) in [5, 5.41) is 0. The van der Waals surface area contributed by atoms with Gasteiger partial charge >= 0.3 is 6.18 Å². The first-order chi connectivity index (χ1) is 13.7. The van der Waals surface area contributed by atoms with Crippen molar-refractivity contribution in [3.8, 4) is 22.3 Å². The van der Waals surface area contributed by atoms with E-state index in [0.29, 0.717) is 36.1 Å². The molecule has 0 fully saturated rings. The van der Waals surface area contributed by atoms with Crippen molar-refractivity contribution in [3.63, 3.8) is 0 Å². The fraction of sp³-hybridized carbons (Fsp3) is 0.217. The van der Waals surface area contributed by atoms with Gasteiger partial charge in [0.25, 0.3) is 0 Å². The van der Waals surface area contributed by atoms with Gasteiger partial charge < -0.3 is 0 Å². The molecule has 0 unspecified atom stereocenters. The standard InChI is InChI=1S/C23H16F6/c1-2-12-3-6-15-13(9-12)4-7-16-17(15)11-20(25)21(22(16)26)14-5-8-18(19(24)10-14)23(27,28)29/h3,5-6,8-11H,2,4,7H2,1H3. The van der Waals surface area contributed by atoms with Gasteiger partial charge in [-0.15, -0.1) is 0 Å². The monoisotopic (exact) mass is 406 g/mol. The topological polar surface area (TPSA) is 0 Å². The number of alkyl halides is 3. The van der Waals surface area contributed by atoms with Crippen molar-refractivity contribution in [3.05, 3.63) is 82.2 Å². The zero-order chi connectivity index (χ0) is 20.9. The Bertz CT molecular complexity index is 1110. The van der Waals surface area contributed by atoms with Crippen LogP contribution >= 0.6 is 0 Å². The summed E-state index contributed by atoms with van der Waals surface area (Å²) in [6, 6.07) is 8.88. The number of aryl methyl sites for hydroxylation is 2. The maximum absolute atomic E-state index is 15.2. The van der Waals surface area contributed by atoms with Crippen molar-refractivity contribution in [2.75, 3.05) is 0 Å². The highest BCUT2D eigenvalue weighted by Crippen LogP contribution is 2.41. The van der Waals surface area contributed by atoms with Gasteiger partial charge in [0, 0.05) is 0 Å². The van der Waals surface area contributed by atoms with Crippen LogP contribution in [0.2, 0.25) is 0 Å². The molecule has 0 aromatic heterocycles. The van der Waals surface area contributed by atoms with Gasteiger partial charge in [-0.2, -0.15) is 13.2 Å². The fourth-order valence-corrected chi connectivity index (χ4v) is 3.91. The number of hydrogen-bond acceptors (Lipinski definition) is 0. The van der Waals surface area contributed by atoms with Crippen LogP contribution in [0.15, 0.2) is 42.5 Å². The lowest BCUT2D eigenvalue weighted by Crippen LogP contribution is -2.10. The van der Waals surface area contributed by atoms with E-state index in [0.717, 1.165) is 29.2 Å². The van der Waals surface area contributed by atoms with Crippen molar-refractivity contribution in [2.45, 2.75) is 32.4 Å². The molecule has 0 aliphatic heterocycles. The fourth-order valence-electron chi connectivity index (χ4n) is 3.91. The van der Waals surface area contributed by atoms with E-state index in [4.69, 9.17) is 0 Å². The Hall–Kier alpha value is -2.76. The lowest BCUT2D eigenvalue weighted by Gasteiger charge is -2.23. The number of benzene rings is 3. The normalized spacial score (nSPS) is 13.2. The molecule has 0 spiro atoms. The lowest BCUT2D eigenvalue weighted by molar-refractivity contribution is -0.139. The molecule has 3 aromatic carbocycles. The summed E-state index contributed by atoms with van der Waals surface area (Å²) < 4.78 is 82.3. The van der Waals surface area contributed by atoms with Crippen molar-refractivity contribution >= 4 is 0 Å². The van der Waals surface area contributed by atoms with E-state index < -0.39 is 34.8 Å². The van der Waals surface area contributed by atoms with Gasteiger partial charge in [0.15, 0.2) is 0 Å². The van der Waals surface area contributed by atoms with Crippen LogP contribution in [0.3, 0.4) is 0 Å². The van der Waals surface area contributed by atoms with E-state index in [1.165, 1.54) is 6.07 Å². The largest absolute Gasteiger partial charge is 0.419 e. The average Bonchev–Trinajstić information content (AvgIpc) is 2.66. The maximum Gasteiger partial charge on any atom is 0.419 e. The first kappa shape index (κ1) is 19.6. The van der Waals surface area contributed by atoms with Crippen molar-refractivity contribution < 1.29 is 26.3 Å². The molecule has 0 nitrogen and oxygen atoms in total. The summed E-state index contributed by atoms with van der Waals surface area (Å²) in [6.07, 6.45) is -3.13. The van der Waals surface area contributed by atoms with Crippen LogP contribution in [0, 0.1) is 17.5 Å². The van der Waals surface area contributed by atoms with Gasteiger partial charge in [-0.25, -0.2) is 13.2 Å². The SMILES string of the molecule is CCc1ccc2c(c1)CCc1c-2cc(F)c(-c2ccc(C(F)(F)F)c(F)c2)c1F.